The zero-order chi connectivity index (χ0) is 16.3. The number of benzene rings is 1. The molecule has 0 bridgehead atoms. The predicted octanol–water partition coefficient (Wildman–Crippen LogP) is 3.36. The van der Waals surface area contributed by atoms with Crippen molar-refractivity contribution in [2.24, 2.45) is 0 Å². The van der Waals surface area contributed by atoms with E-state index in [1.807, 2.05) is 45.9 Å². The van der Waals surface area contributed by atoms with Gasteiger partial charge in [-0.2, -0.15) is 0 Å². The van der Waals surface area contributed by atoms with E-state index >= 15 is 0 Å². The number of anilines is 1. The van der Waals surface area contributed by atoms with E-state index in [9.17, 15) is 4.79 Å². The van der Waals surface area contributed by atoms with Gasteiger partial charge in [-0.15, -0.1) is 0 Å². The molecule has 122 valence electrons. The number of nitrogens with two attached hydrogens (primary N) is 1. The fourth-order valence-corrected chi connectivity index (χ4v) is 2.41. The number of hydrogen-bond acceptors (Lipinski definition) is 4. The lowest BCUT2D eigenvalue weighted by Gasteiger charge is -2.33. The summed E-state index contributed by atoms with van der Waals surface area (Å²) >= 11 is 0. The summed E-state index contributed by atoms with van der Waals surface area (Å²) in [6.45, 7) is 8.95. The molecule has 0 atom stereocenters. The molecule has 1 aliphatic rings. The molecule has 0 aromatic heterocycles. The molecule has 0 aliphatic carbocycles. The molecule has 1 amide bonds. The largest absolute Gasteiger partial charge is 0.490 e. The minimum atomic E-state index is -0.455. The lowest BCUT2D eigenvalue weighted by atomic mass is 10.1. The van der Waals surface area contributed by atoms with Gasteiger partial charge in [0.2, 0.25) is 0 Å². The number of amides is 1. The van der Waals surface area contributed by atoms with Crippen LogP contribution in [0.15, 0.2) is 18.2 Å². The Bertz CT molecular complexity index is 529. The van der Waals surface area contributed by atoms with E-state index < -0.39 is 5.60 Å². The highest BCUT2D eigenvalue weighted by Gasteiger charge is 2.27. The number of nitrogen functional groups attached to an aromatic ring is 1. The Morgan fingerprint density at radius 2 is 1.91 bits per heavy atom. The number of piperidine rings is 1. The number of aryl methyl sites for hydroxylation is 1. The monoisotopic (exact) mass is 306 g/mol. The van der Waals surface area contributed by atoms with Crippen molar-refractivity contribution in [3.63, 3.8) is 0 Å². The second-order valence-electron chi connectivity index (χ2n) is 6.81. The molecule has 2 N–H and O–H groups in total. The molecule has 1 aliphatic heterocycles. The van der Waals surface area contributed by atoms with E-state index in [4.69, 9.17) is 15.2 Å². The minimum Gasteiger partial charge on any atom is -0.490 e. The zero-order valence-corrected chi connectivity index (χ0v) is 13.9. The minimum absolute atomic E-state index is 0.110. The topological polar surface area (TPSA) is 64.8 Å². The zero-order valence-electron chi connectivity index (χ0n) is 13.9. The smallest absolute Gasteiger partial charge is 0.410 e. The number of rotatable bonds is 2. The van der Waals surface area contributed by atoms with Crippen molar-refractivity contribution in [2.45, 2.75) is 52.2 Å². The third-order valence-electron chi connectivity index (χ3n) is 3.60. The van der Waals surface area contributed by atoms with Gasteiger partial charge in [0.1, 0.15) is 17.5 Å². The van der Waals surface area contributed by atoms with Crippen LogP contribution in [0.5, 0.6) is 5.75 Å². The highest BCUT2D eigenvalue weighted by atomic mass is 16.6. The molecule has 0 saturated carbocycles. The van der Waals surface area contributed by atoms with Crippen molar-refractivity contribution in [2.75, 3.05) is 18.8 Å². The summed E-state index contributed by atoms with van der Waals surface area (Å²) in [5, 5.41) is 0. The molecule has 22 heavy (non-hydrogen) atoms. The van der Waals surface area contributed by atoms with Crippen LogP contribution < -0.4 is 10.5 Å². The van der Waals surface area contributed by atoms with Crippen LogP contribution in [0.25, 0.3) is 0 Å². The average molecular weight is 306 g/mol. The number of carbonyl (C=O) groups excluding carboxylic acids is 1. The Morgan fingerprint density at radius 3 is 2.50 bits per heavy atom. The van der Waals surface area contributed by atoms with E-state index in [0.29, 0.717) is 18.8 Å². The first kappa shape index (κ1) is 16.5. The number of carbonyl (C=O) groups is 1. The van der Waals surface area contributed by atoms with Crippen molar-refractivity contribution in [3.8, 4) is 5.75 Å². The molecule has 1 aromatic carbocycles. The van der Waals surface area contributed by atoms with Gasteiger partial charge >= 0.3 is 6.09 Å². The normalized spacial score (nSPS) is 16.5. The molecule has 1 aromatic rings. The van der Waals surface area contributed by atoms with E-state index in [1.54, 1.807) is 4.90 Å². The van der Waals surface area contributed by atoms with E-state index in [-0.39, 0.29) is 12.2 Å². The quantitative estimate of drug-likeness (QED) is 0.851. The van der Waals surface area contributed by atoms with Crippen LogP contribution in [0, 0.1) is 6.92 Å². The van der Waals surface area contributed by atoms with Crippen LogP contribution in [0.3, 0.4) is 0 Å². The molecular weight excluding hydrogens is 280 g/mol. The molecule has 1 fully saturated rings. The van der Waals surface area contributed by atoms with Gasteiger partial charge in [0.25, 0.3) is 0 Å². The number of ether oxygens (including phenoxy) is 2. The maximum absolute atomic E-state index is 12.0. The SMILES string of the molecule is Cc1ccc(N)cc1OC1CCN(C(=O)OC(C)(C)C)CC1. The van der Waals surface area contributed by atoms with Gasteiger partial charge in [0.15, 0.2) is 0 Å². The lowest BCUT2D eigenvalue weighted by Crippen LogP contribution is -2.44. The third-order valence-corrected chi connectivity index (χ3v) is 3.60. The first-order valence-corrected chi connectivity index (χ1v) is 7.75. The van der Waals surface area contributed by atoms with Crippen molar-refractivity contribution < 1.29 is 14.3 Å². The number of likely N-dealkylation sites (tertiary alicyclic amines) is 1. The van der Waals surface area contributed by atoms with E-state index in [2.05, 4.69) is 0 Å². The number of nitrogens with zero attached hydrogens (tertiary/aromatic N) is 1. The van der Waals surface area contributed by atoms with Gasteiger partial charge in [-0.3, -0.25) is 0 Å². The first-order valence-electron chi connectivity index (χ1n) is 7.75. The molecule has 0 radical (unpaired) electrons. The molecule has 1 saturated heterocycles. The van der Waals surface area contributed by atoms with Crippen LogP contribution in [0.4, 0.5) is 10.5 Å². The lowest BCUT2D eigenvalue weighted by molar-refractivity contribution is 0.0126. The maximum Gasteiger partial charge on any atom is 0.410 e. The van der Waals surface area contributed by atoms with Gasteiger partial charge in [0, 0.05) is 37.7 Å². The molecule has 2 rings (SSSR count). The standard InChI is InChI=1S/C17H26N2O3/c1-12-5-6-13(18)11-15(12)21-14-7-9-19(10-8-14)16(20)22-17(2,3)4/h5-6,11,14H,7-10,18H2,1-4H3. The van der Waals surface area contributed by atoms with Gasteiger partial charge in [0.05, 0.1) is 0 Å². The van der Waals surface area contributed by atoms with Crippen LogP contribution in [0.1, 0.15) is 39.2 Å². The Kier molecular flexibility index (Phi) is 4.84. The highest BCUT2D eigenvalue weighted by molar-refractivity contribution is 5.68. The van der Waals surface area contributed by atoms with Crippen LogP contribution in [-0.2, 0) is 4.74 Å². The molecule has 5 nitrogen and oxygen atoms in total. The van der Waals surface area contributed by atoms with Crippen LogP contribution in [0.2, 0.25) is 0 Å². The summed E-state index contributed by atoms with van der Waals surface area (Å²) in [4.78, 5) is 13.8. The van der Waals surface area contributed by atoms with Crippen molar-refractivity contribution in [1.82, 2.24) is 4.90 Å². The average Bonchev–Trinajstić information content (AvgIpc) is 2.42. The third kappa shape index (κ3) is 4.55. The summed E-state index contributed by atoms with van der Waals surface area (Å²) in [5.74, 6) is 0.829. The summed E-state index contributed by atoms with van der Waals surface area (Å²) in [5.41, 5.74) is 7.12. The summed E-state index contributed by atoms with van der Waals surface area (Å²) in [6.07, 6.45) is 1.46. The van der Waals surface area contributed by atoms with Gasteiger partial charge < -0.3 is 20.1 Å². The Hall–Kier alpha value is -1.91. The Morgan fingerprint density at radius 1 is 1.27 bits per heavy atom. The van der Waals surface area contributed by atoms with Crippen LogP contribution >= 0.6 is 0 Å². The first-order chi connectivity index (χ1) is 10.2. The predicted molar refractivity (Wildman–Crippen MR) is 87.0 cm³/mol. The fraction of sp³-hybridized carbons (Fsp3) is 0.588. The fourth-order valence-electron chi connectivity index (χ4n) is 2.41. The molecule has 1 heterocycles. The number of hydrogen-bond donors (Lipinski definition) is 1. The van der Waals surface area contributed by atoms with Gasteiger partial charge in [-0.25, -0.2) is 4.79 Å². The van der Waals surface area contributed by atoms with Crippen LogP contribution in [-0.4, -0.2) is 35.8 Å². The molecule has 0 unspecified atom stereocenters. The Balaban J connectivity index is 1.87. The molecular formula is C17H26N2O3. The summed E-state index contributed by atoms with van der Waals surface area (Å²) in [7, 11) is 0. The second-order valence-corrected chi connectivity index (χ2v) is 6.81. The van der Waals surface area contributed by atoms with Crippen molar-refractivity contribution >= 4 is 11.8 Å². The van der Waals surface area contributed by atoms with E-state index in [0.717, 1.165) is 24.2 Å². The second kappa shape index (κ2) is 6.46. The molecule has 5 heteroatoms. The molecule has 0 spiro atoms. The van der Waals surface area contributed by atoms with Gasteiger partial charge in [-0.05, 0) is 39.3 Å². The maximum atomic E-state index is 12.0. The Labute approximate surface area is 132 Å². The van der Waals surface area contributed by atoms with Crippen molar-refractivity contribution in [1.29, 1.82) is 0 Å². The van der Waals surface area contributed by atoms with E-state index in [1.165, 1.54) is 0 Å². The highest BCUT2D eigenvalue weighted by Crippen LogP contribution is 2.25. The van der Waals surface area contributed by atoms with Crippen molar-refractivity contribution in [3.05, 3.63) is 23.8 Å². The summed E-state index contributed by atoms with van der Waals surface area (Å²) < 4.78 is 11.4. The summed E-state index contributed by atoms with van der Waals surface area (Å²) in [6, 6.07) is 5.68. The van der Waals surface area contributed by atoms with Gasteiger partial charge in [-0.1, -0.05) is 6.07 Å².